The van der Waals surface area contributed by atoms with E-state index in [2.05, 4.69) is 32.4 Å². The molecule has 0 aliphatic rings. The number of aryl methyl sites for hydroxylation is 1. The van der Waals surface area contributed by atoms with E-state index in [1.165, 1.54) is 11.9 Å². The van der Waals surface area contributed by atoms with Crippen LogP contribution in [0, 0.1) is 0 Å². The summed E-state index contributed by atoms with van der Waals surface area (Å²) < 4.78 is 5.83. The third-order valence-electron chi connectivity index (χ3n) is 3.86. The van der Waals surface area contributed by atoms with Gasteiger partial charge in [0.1, 0.15) is 11.8 Å². The number of nitrogens with one attached hydrogen (secondary N) is 2. The molecule has 7 heteroatoms. The van der Waals surface area contributed by atoms with Crippen molar-refractivity contribution in [1.29, 1.82) is 0 Å². The number of nitrogens with zero attached hydrogens (tertiary/aromatic N) is 3. The van der Waals surface area contributed by atoms with Crippen LogP contribution in [0.25, 0.3) is 22.6 Å². The topological polar surface area (TPSA) is 96.7 Å². The van der Waals surface area contributed by atoms with E-state index in [1.807, 2.05) is 30.3 Å². The molecule has 0 radical (unpaired) electrons. The zero-order valence-electron chi connectivity index (χ0n) is 13.5. The first-order valence-electron chi connectivity index (χ1n) is 7.89. The normalized spacial score (nSPS) is 10.9. The second-order valence-electron chi connectivity index (χ2n) is 5.54. The Balaban J connectivity index is 1.64. The maximum absolute atomic E-state index is 12.1. The zero-order valence-corrected chi connectivity index (χ0v) is 13.5. The Hall–Kier alpha value is -3.48. The number of benzene rings is 2. The van der Waals surface area contributed by atoms with Crippen molar-refractivity contribution in [1.82, 2.24) is 20.2 Å². The minimum atomic E-state index is -0.361. The van der Waals surface area contributed by atoms with Crippen molar-refractivity contribution in [2.75, 3.05) is 5.32 Å². The van der Waals surface area contributed by atoms with Gasteiger partial charge >= 0.3 is 0 Å². The van der Waals surface area contributed by atoms with Crippen LogP contribution in [0.3, 0.4) is 0 Å². The number of H-pyrrole nitrogens is 1. The van der Waals surface area contributed by atoms with Crippen molar-refractivity contribution < 1.29 is 9.21 Å². The van der Waals surface area contributed by atoms with Crippen LogP contribution in [0.15, 0.2) is 53.2 Å². The highest BCUT2D eigenvalue weighted by molar-refractivity contribution is 6.01. The van der Waals surface area contributed by atoms with Gasteiger partial charge in [-0.1, -0.05) is 19.1 Å². The number of oxazole rings is 1. The van der Waals surface area contributed by atoms with Gasteiger partial charge in [-0.15, -0.1) is 0 Å². The highest BCUT2D eigenvalue weighted by Gasteiger charge is 2.12. The van der Waals surface area contributed by atoms with E-state index in [1.54, 1.807) is 12.1 Å². The van der Waals surface area contributed by atoms with Gasteiger partial charge in [0.25, 0.3) is 5.91 Å². The summed E-state index contributed by atoms with van der Waals surface area (Å²) in [4.78, 5) is 20.4. The van der Waals surface area contributed by atoms with Crippen molar-refractivity contribution in [2.24, 2.45) is 0 Å². The minimum Gasteiger partial charge on any atom is -0.436 e. The van der Waals surface area contributed by atoms with Crippen LogP contribution < -0.4 is 5.32 Å². The number of aromatic nitrogens is 4. The van der Waals surface area contributed by atoms with E-state index in [0.29, 0.717) is 11.6 Å². The van der Waals surface area contributed by atoms with Crippen molar-refractivity contribution in [2.45, 2.75) is 13.3 Å². The summed E-state index contributed by atoms with van der Waals surface area (Å²) in [6.45, 7) is 2.10. The molecule has 1 amide bonds. The Morgan fingerprint density at radius 2 is 2.16 bits per heavy atom. The Bertz CT molecular complexity index is 1040. The number of carbonyl (C=O) groups excluding carboxylic acids is 1. The molecule has 0 bridgehead atoms. The van der Waals surface area contributed by atoms with Crippen LogP contribution >= 0.6 is 0 Å². The van der Waals surface area contributed by atoms with E-state index in [9.17, 15) is 4.79 Å². The van der Waals surface area contributed by atoms with Gasteiger partial charge in [0.15, 0.2) is 5.58 Å². The Morgan fingerprint density at radius 3 is 2.96 bits per heavy atom. The van der Waals surface area contributed by atoms with Gasteiger partial charge in [-0.25, -0.2) is 9.97 Å². The van der Waals surface area contributed by atoms with E-state index >= 15 is 0 Å². The van der Waals surface area contributed by atoms with Gasteiger partial charge in [0.2, 0.25) is 11.7 Å². The summed E-state index contributed by atoms with van der Waals surface area (Å²) in [7, 11) is 0. The molecule has 2 heterocycles. The number of fused-ring (bicyclic) bond motifs is 1. The zero-order chi connectivity index (χ0) is 17.2. The Kier molecular flexibility index (Phi) is 3.74. The minimum absolute atomic E-state index is 0.152. The fourth-order valence-electron chi connectivity index (χ4n) is 2.55. The molecule has 7 nitrogen and oxygen atoms in total. The molecule has 0 aliphatic carbocycles. The molecule has 2 aromatic heterocycles. The molecule has 0 unspecified atom stereocenters. The lowest BCUT2D eigenvalue weighted by Gasteiger charge is -2.04. The van der Waals surface area contributed by atoms with Gasteiger partial charge in [-0.2, -0.15) is 5.10 Å². The van der Waals surface area contributed by atoms with E-state index in [4.69, 9.17) is 4.42 Å². The van der Waals surface area contributed by atoms with Gasteiger partial charge in [-0.3, -0.25) is 9.89 Å². The van der Waals surface area contributed by atoms with Gasteiger partial charge in [0, 0.05) is 11.3 Å². The summed E-state index contributed by atoms with van der Waals surface area (Å²) in [5.41, 5.74) is 4.18. The van der Waals surface area contributed by atoms with Gasteiger partial charge < -0.3 is 9.73 Å². The summed E-state index contributed by atoms with van der Waals surface area (Å²) in [6.07, 6.45) is 2.23. The van der Waals surface area contributed by atoms with Crippen LogP contribution in [-0.2, 0) is 6.42 Å². The molecular formula is C18H15N5O2. The summed E-state index contributed by atoms with van der Waals surface area (Å²) in [5.74, 6) is 0.304. The number of aromatic amines is 1. The first-order valence-corrected chi connectivity index (χ1v) is 7.89. The average molecular weight is 333 g/mol. The highest BCUT2D eigenvalue weighted by Crippen LogP contribution is 2.27. The molecule has 0 fully saturated rings. The molecule has 0 aliphatic heterocycles. The summed E-state index contributed by atoms with van der Waals surface area (Å²) in [6, 6.07) is 13.3. The fraction of sp³-hybridized carbons (Fsp3) is 0.111. The van der Waals surface area contributed by atoms with E-state index in [0.717, 1.165) is 23.1 Å². The Morgan fingerprint density at radius 1 is 1.24 bits per heavy atom. The lowest BCUT2D eigenvalue weighted by molar-refractivity contribution is 0.101. The van der Waals surface area contributed by atoms with E-state index < -0.39 is 0 Å². The molecule has 2 N–H and O–H groups in total. The fourth-order valence-corrected chi connectivity index (χ4v) is 2.55. The molecule has 124 valence electrons. The second kappa shape index (κ2) is 6.20. The number of amides is 1. The SMILES string of the molecule is CCc1ccc2oc(-c3cccc(NC(=O)c4ncn[nH]4)c3)nc2c1. The molecule has 25 heavy (non-hydrogen) atoms. The number of hydrogen-bond acceptors (Lipinski definition) is 5. The average Bonchev–Trinajstić information content (AvgIpc) is 3.31. The molecule has 4 rings (SSSR count). The molecular weight excluding hydrogens is 318 g/mol. The lowest BCUT2D eigenvalue weighted by Crippen LogP contribution is -2.13. The first-order chi connectivity index (χ1) is 12.2. The number of carbonyl (C=O) groups is 1. The molecule has 0 saturated heterocycles. The molecule has 2 aromatic carbocycles. The number of rotatable bonds is 4. The van der Waals surface area contributed by atoms with Gasteiger partial charge in [-0.05, 0) is 42.3 Å². The molecule has 0 spiro atoms. The smallest absolute Gasteiger partial charge is 0.292 e. The third-order valence-corrected chi connectivity index (χ3v) is 3.86. The van der Waals surface area contributed by atoms with E-state index in [-0.39, 0.29) is 11.7 Å². The third kappa shape index (κ3) is 2.99. The van der Waals surface area contributed by atoms with Gasteiger partial charge in [0.05, 0.1) is 0 Å². The standard InChI is InChI=1S/C18H15N5O2/c1-2-11-6-7-15-14(8-11)22-18(25-15)12-4-3-5-13(9-12)21-17(24)16-19-10-20-23-16/h3-10H,2H2,1H3,(H,21,24)(H,19,20,23). The van der Waals surface area contributed by atoms with Crippen LogP contribution in [-0.4, -0.2) is 26.1 Å². The second-order valence-corrected chi connectivity index (χ2v) is 5.54. The highest BCUT2D eigenvalue weighted by atomic mass is 16.3. The number of hydrogen-bond donors (Lipinski definition) is 2. The Labute approximate surface area is 143 Å². The van der Waals surface area contributed by atoms with Crippen molar-refractivity contribution in [3.05, 3.63) is 60.2 Å². The van der Waals surface area contributed by atoms with Crippen LogP contribution in [0.4, 0.5) is 5.69 Å². The van der Waals surface area contributed by atoms with Crippen LogP contribution in [0.1, 0.15) is 23.1 Å². The van der Waals surface area contributed by atoms with Crippen LogP contribution in [0.5, 0.6) is 0 Å². The lowest BCUT2D eigenvalue weighted by atomic mass is 10.1. The molecule has 0 atom stereocenters. The summed E-state index contributed by atoms with van der Waals surface area (Å²) in [5, 5.41) is 8.96. The molecule has 0 saturated carbocycles. The monoisotopic (exact) mass is 333 g/mol. The quantitative estimate of drug-likeness (QED) is 0.596. The predicted molar refractivity (Wildman–Crippen MR) is 93.2 cm³/mol. The maximum atomic E-state index is 12.1. The molecule has 4 aromatic rings. The van der Waals surface area contributed by atoms with Crippen molar-refractivity contribution >= 4 is 22.7 Å². The van der Waals surface area contributed by atoms with Crippen molar-refractivity contribution in [3.63, 3.8) is 0 Å². The summed E-state index contributed by atoms with van der Waals surface area (Å²) >= 11 is 0. The predicted octanol–water partition coefficient (Wildman–Crippen LogP) is 3.43. The number of anilines is 1. The maximum Gasteiger partial charge on any atom is 0.292 e. The van der Waals surface area contributed by atoms with Crippen LogP contribution in [0.2, 0.25) is 0 Å². The van der Waals surface area contributed by atoms with Crippen molar-refractivity contribution in [3.8, 4) is 11.5 Å². The largest absolute Gasteiger partial charge is 0.436 e. The first kappa shape index (κ1) is 15.1.